The molecule has 0 rings (SSSR count). The van der Waals surface area contributed by atoms with E-state index < -0.39 is 12.1 Å². The van der Waals surface area contributed by atoms with E-state index in [-0.39, 0.29) is 18.6 Å². The van der Waals surface area contributed by atoms with E-state index in [4.69, 9.17) is 4.74 Å². The van der Waals surface area contributed by atoms with Crippen molar-refractivity contribution in [2.24, 2.45) is 11.3 Å². The maximum Gasteiger partial charge on any atom is 0.407 e. The summed E-state index contributed by atoms with van der Waals surface area (Å²) in [7, 11) is 0. The van der Waals surface area contributed by atoms with E-state index in [9.17, 15) is 9.59 Å². The second kappa shape index (κ2) is 9.39. The lowest BCUT2D eigenvalue weighted by Crippen LogP contribution is -2.30. The molecule has 0 aromatic heterocycles. The molecule has 0 saturated heterocycles. The van der Waals surface area contributed by atoms with Crippen molar-refractivity contribution in [3.63, 3.8) is 0 Å². The summed E-state index contributed by atoms with van der Waals surface area (Å²) in [5, 5.41) is 2.69. The fourth-order valence-corrected chi connectivity index (χ4v) is 2.10. The molecule has 0 spiro atoms. The molecule has 1 N–H and O–H groups in total. The van der Waals surface area contributed by atoms with E-state index in [1.165, 1.54) is 0 Å². The number of hydrogen-bond donors (Lipinski definition) is 1. The fourth-order valence-electron chi connectivity index (χ4n) is 2.10. The van der Waals surface area contributed by atoms with Gasteiger partial charge in [-0.15, -0.1) is 0 Å². The van der Waals surface area contributed by atoms with Gasteiger partial charge in [0, 0.05) is 12.6 Å². The monoisotopic (exact) mass is 285 g/mol. The van der Waals surface area contributed by atoms with Crippen molar-refractivity contribution < 1.29 is 19.1 Å². The van der Waals surface area contributed by atoms with Crippen molar-refractivity contribution in [3.05, 3.63) is 12.7 Å². The minimum Gasteiger partial charge on any atom is -0.459 e. The Labute approximate surface area is 121 Å². The number of esters is 1. The molecular weight excluding hydrogens is 258 g/mol. The normalized spacial score (nSPS) is 11.1. The Kier molecular flexibility index (Phi) is 8.68. The summed E-state index contributed by atoms with van der Waals surface area (Å²) in [5.74, 6) is 0.112. The van der Waals surface area contributed by atoms with Gasteiger partial charge in [0.05, 0.1) is 0 Å². The first kappa shape index (κ1) is 18.5. The Bertz CT molecular complexity index is 324. The van der Waals surface area contributed by atoms with Crippen LogP contribution >= 0.6 is 0 Å². The van der Waals surface area contributed by atoms with Crippen LogP contribution in [0.4, 0.5) is 4.79 Å². The van der Waals surface area contributed by atoms with Gasteiger partial charge in [-0.25, -0.2) is 9.59 Å². The Morgan fingerprint density at radius 2 is 1.85 bits per heavy atom. The number of carbonyl (C=O) groups is 2. The summed E-state index contributed by atoms with van der Waals surface area (Å²) >= 11 is 0. The smallest absolute Gasteiger partial charge is 0.407 e. The molecule has 5 heteroatoms. The van der Waals surface area contributed by atoms with E-state index >= 15 is 0 Å². The maximum absolute atomic E-state index is 11.4. The van der Waals surface area contributed by atoms with Crippen molar-refractivity contribution in [2.75, 3.05) is 19.8 Å². The standard InChI is InChI=1S/C15H27NO4/c1-6-13(17)19-9-10-20-14(18)16-8-7-15(4,5)11-12(2)3/h6,12H,1,7-11H2,2-5H3,(H,16,18). The summed E-state index contributed by atoms with van der Waals surface area (Å²) in [6, 6.07) is 0. The Morgan fingerprint density at radius 3 is 2.40 bits per heavy atom. The van der Waals surface area contributed by atoms with Crippen molar-refractivity contribution in [3.8, 4) is 0 Å². The van der Waals surface area contributed by atoms with Crippen LogP contribution in [0, 0.1) is 11.3 Å². The largest absolute Gasteiger partial charge is 0.459 e. The average Bonchev–Trinajstić information content (AvgIpc) is 2.32. The van der Waals surface area contributed by atoms with E-state index in [1.807, 2.05) is 0 Å². The highest BCUT2D eigenvalue weighted by Crippen LogP contribution is 2.28. The third-order valence-corrected chi connectivity index (χ3v) is 2.76. The minimum absolute atomic E-state index is 0.0388. The van der Waals surface area contributed by atoms with E-state index in [0.717, 1.165) is 18.9 Å². The minimum atomic E-state index is -0.524. The van der Waals surface area contributed by atoms with Gasteiger partial charge in [0.15, 0.2) is 0 Å². The van der Waals surface area contributed by atoms with Crippen LogP contribution in [0.3, 0.4) is 0 Å². The lowest BCUT2D eigenvalue weighted by atomic mass is 9.81. The number of hydrogen-bond acceptors (Lipinski definition) is 4. The highest BCUT2D eigenvalue weighted by atomic mass is 16.6. The Morgan fingerprint density at radius 1 is 1.25 bits per heavy atom. The van der Waals surface area contributed by atoms with Crippen LogP contribution in [-0.4, -0.2) is 31.8 Å². The molecule has 5 nitrogen and oxygen atoms in total. The fraction of sp³-hybridized carbons (Fsp3) is 0.733. The van der Waals surface area contributed by atoms with Gasteiger partial charge in [-0.2, -0.15) is 0 Å². The lowest BCUT2D eigenvalue weighted by molar-refractivity contribution is -0.138. The second-order valence-corrected chi connectivity index (χ2v) is 5.95. The van der Waals surface area contributed by atoms with Crippen LogP contribution in [0.1, 0.15) is 40.5 Å². The van der Waals surface area contributed by atoms with Crippen LogP contribution in [0.25, 0.3) is 0 Å². The molecule has 0 unspecified atom stereocenters. The predicted molar refractivity (Wildman–Crippen MR) is 78.4 cm³/mol. The second-order valence-electron chi connectivity index (χ2n) is 5.95. The quantitative estimate of drug-likeness (QED) is 0.402. The third-order valence-electron chi connectivity index (χ3n) is 2.76. The molecule has 0 saturated carbocycles. The number of rotatable bonds is 9. The van der Waals surface area contributed by atoms with Crippen LogP contribution in [0.5, 0.6) is 0 Å². The summed E-state index contributed by atoms with van der Waals surface area (Å²) in [6.07, 6.45) is 2.59. The predicted octanol–water partition coefficient (Wildman–Crippen LogP) is 2.90. The van der Waals surface area contributed by atoms with E-state index in [2.05, 4.69) is 44.3 Å². The summed E-state index contributed by atoms with van der Waals surface area (Å²) in [6.45, 7) is 12.7. The van der Waals surface area contributed by atoms with Gasteiger partial charge in [-0.3, -0.25) is 0 Å². The number of carbonyl (C=O) groups excluding carboxylic acids is 2. The number of amides is 1. The highest BCUT2D eigenvalue weighted by Gasteiger charge is 2.19. The van der Waals surface area contributed by atoms with Gasteiger partial charge in [0.2, 0.25) is 0 Å². The highest BCUT2D eigenvalue weighted by molar-refractivity contribution is 5.81. The molecule has 0 fully saturated rings. The van der Waals surface area contributed by atoms with Gasteiger partial charge in [0.25, 0.3) is 0 Å². The summed E-state index contributed by atoms with van der Waals surface area (Å²) in [4.78, 5) is 22.1. The molecule has 20 heavy (non-hydrogen) atoms. The van der Waals surface area contributed by atoms with Crippen LogP contribution in [-0.2, 0) is 14.3 Å². The molecule has 0 aromatic rings. The Hall–Kier alpha value is -1.52. The molecule has 0 aliphatic carbocycles. The lowest BCUT2D eigenvalue weighted by Gasteiger charge is -2.26. The molecule has 0 bridgehead atoms. The average molecular weight is 285 g/mol. The Balaban J connectivity index is 3.68. The number of alkyl carbamates (subject to hydrolysis) is 1. The molecular formula is C15H27NO4. The van der Waals surface area contributed by atoms with Gasteiger partial charge < -0.3 is 14.8 Å². The van der Waals surface area contributed by atoms with Gasteiger partial charge in [-0.05, 0) is 24.2 Å². The van der Waals surface area contributed by atoms with E-state index in [1.54, 1.807) is 0 Å². The SMILES string of the molecule is C=CC(=O)OCCOC(=O)NCCC(C)(C)CC(C)C. The van der Waals surface area contributed by atoms with Gasteiger partial charge in [-0.1, -0.05) is 34.3 Å². The van der Waals surface area contributed by atoms with E-state index in [0.29, 0.717) is 12.5 Å². The number of nitrogens with one attached hydrogen (secondary N) is 1. The van der Waals surface area contributed by atoms with Crippen LogP contribution in [0.15, 0.2) is 12.7 Å². The summed E-state index contributed by atoms with van der Waals surface area (Å²) < 4.78 is 9.55. The van der Waals surface area contributed by atoms with Crippen molar-refractivity contribution in [2.45, 2.75) is 40.5 Å². The molecule has 116 valence electrons. The molecule has 0 aromatic carbocycles. The zero-order valence-electron chi connectivity index (χ0n) is 13.0. The topological polar surface area (TPSA) is 64.6 Å². The molecule has 0 atom stereocenters. The first-order valence-electron chi connectivity index (χ1n) is 6.96. The van der Waals surface area contributed by atoms with Crippen LogP contribution in [0.2, 0.25) is 0 Å². The van der Waals surface area contributed by atoms with Crippen molar-refractivity contribution >= 4 is 12.1 Å². The first-order chi connectivity index (χ1) is 9.26. The molecule has 0 radical (unpaired) electrons. The molecule has 0 aliphatic rings. The molecule has 0 heterocycles. The van der Waals surface area contributed by atoms with Crippen LogP contribution < -0.4 is 5.32 Å². The molecule has 1 amide bonds. The van der Waals surface area contributed by atoms with Gasteiger partial charge >= 0.3 is 12.1 Å². The number of ether oxygens (including phenoxy) is 2. The van der Waals surface area contributed by atoms with Crippen molar-refractivity contribution in [1.82, 2.24) is 5.32 Å². The zero-order valence-corrected chi connectivity index (χ0v) is 13.0. The van der Waals surface area contributed by atoms with Crippen molar-refractivity contribution in [1.29, 1.82) is 0 Å². The van der Waals surface area contributed by atoms with Gasteiger partial charge in [0.1, 0.15) is 13.2 Å². The maximum atomic E-state index is 11.4. The summed E-state index contributed by atoms with van der Waals surface area (Å²) in [5.41, 5.74) is 0.195. The zero-order chi connectivity index (χ0) is 15.6. The third kappa shape index (κ3) is 10.4. The molecule has 0 aliphatic heterocycles. The first-order valence-corrected chi connectivity index (χ1v) is 6.96.